The molecule has 4 fully saturated rings. The van der Waals surface area contributed by atoms with Gasteiger partial charge in [-0.2, -0.15) is 0 Å². The van der Waals surface area contributed by atoms with Crippen LogP contribution in [-0.2, 0) is 9.53 Å². The molecule has 5 aliphatic rings. The summed E-state index contributed by atoms with van der Waals surface area (Å²) in [5.41, 5.74) is 0.863. The molecule has 1 unspecified atom stereocenters. The molecule has 3 nitrogen and oxygen atoms in total. The molecular weight excluding hydrogens is 408 g/mol. The first-order valence-electron chi connectivity index (χ1n) is 13.9. The Morgan fingerprint density at radius 1 is 1.09 bits per heavy atom. The molecule has 5 aliphatic carbocycles. The molecule has 7 atom stereocenters. The highest BCUT2D eigenvalue weighted by Crippen LogP contribution is 2.67. The van der Waals surface area contributed by atoms with E-state index in [2.05, 4.69) is 25.8 Å². The number of allylic oxidation sites excluding steroid dienone is 1. The van der Waals surface area contributed by atoms with Crippen molar-refractivity contribution in [3.63, 3.8) is 0 Å². The third-order valence-corrected chi connectivity index (χ3v) is 11.2. The SMILES string of the molecule is C#C[C@@]1(OC(=O)CCC2CCCCC2)CC[C@H]2[C@@H]3CC=C4CC(O)CC[C@]4(C)[C@H]3CC[C@@]21C. The third-order valence-electron chi connectivity index (χ3n) is 11.2. The lowest BCUT2D eigenvalue weighted by atomic mass is 9.47. The zero-order chi connectivity index (χ0) is 23.3. The topological polar surface area (TPSA) is 46.5 Å². The Morgan fingerprint density at radius 2 is 1.85 bits per heavy atom. The summed E-state index contributed by atoms with van der Waals surface area (Å²) in [5, 5.41) is 10.2. The Bertz CT molecular complexity index is 832. The number of terminal acetylenes is 1. The lowest BCUT2D eigenvalue weighted by Gasteiger charge is -2.58. The fourth-order valence-corrected chi connectivity index (χ4v) is 9.12. The average molecular weight is 453 g/mol. The summed E-state index contributed by atoms with van der Waals surface area (Å²) < 4.78 is 6.31. The zero-order valence-electron chi connectivity index (χ0n) is 20.9. The average Bonchev–Trinajstić information content (AvgIpc) is 3.11. The number of hydrogen-bond acceptors (Lipinski definition) is 3. The highest BCUT2D eigenvalue weighted by Gasteiger charge is 2.65. The number of aliphatic hydroxyl groups excluding tert-OH is 1. The predicted molar refractivity (Wildman–Crippen MR) is 131 cm³/mol. The second-order valence-corrected chi connectivity index (χ2v) is 12.6. The van der Waals surface area contributed by atoms with Crippen molar-refractivity contribution in [3.8, 4) is 12.3 Å². The maximum atomic E-state index is 13.0. The van der Waals surface area contributed by atoms with Crippen LogP contribution in [0.3, 0.4) is 0 Å². The Morgan fingerprint density at radius 3 is 2.61 bits per heavy atom. The van der Waals surface area contributed by atoms with Gasteiger partial charge in [0, 0.05) is 11.8 Å². The standard InChI is InChI=1S/C30H44O3/c1-4-30(33-27(32)13-10-21-8-6-5-7-9-21)19-16-26-24-12-11-22-20-23(31)14-17-28(22,2)25(24)15-18-29(26,30)3/h1,11,21,23-26,31H,5-10,12-20H2,2-3H3/t23?,24-,25+,26+,28+,29+,30-/m1/s1. The minimum Gasteiger partial charge on any atom is -0.445 e. The van der Waals surface area contributed by atoms with Crippen molar-refractivity contribution in [1.29, 1.82) is 0 Å². The molecule has 0 amide bonds. The molecule has 3 heteroatoms. The van der Waals surface area contributed by atoms with Crippen LogP contribution < -0.4 is 0 Å². The van der Waals surface area contributed by atoms with Gasteiger partial charge in [-0.1, -0.05) is 63.5 Å². The van der Waals surface area contributed by atoms with E-state index in [1.165, 1.54) is 37.7 Å². The largest absolute Gasteiger partial charge is 0.445 e. The van der Waals surface area contributed by atoms with Crippen molar-refractivity contribution in [2.75, 3.05) is 0 Å². The highest BCUT2D eigenvalue weighted by atomic mass is 16.6. The Labute approximate surface area is 201 Å². The molecule has 33 heavy (non-hydrogen) atoms. The number of carbonyl (C=O) groups is 1. The normalized spacial score (nSPS) is 45.2. The molecule has 1 N–H and O–H groups in total. The van der Waals surface area contributed by atoms with Crippen molar-refractivity contribution in [3.05, 3.63) is 11.6 Å². The van der Waals surface area contributed by atoms with Crippen LogP contribution in [0.5, 0.6) is 0 Å². The number of hydrogen-bond donors (Lipinski definition) is 1. The van der Waals surface area contributed by atoms with E-state index in [4.69, 9.17) is 11.2 Å². The molecule has 0 spiro atoms. The fraction of sp³-hybridized carbons (Fsp3) is 0.833. The summed E-state index contributed by atoms with van der Waals surface area (Å²) in [6, 6.07) is 0. The number of fused-ring (bicyclic) bond motifs is 5. The molecular formula is C30H44O3. The third kappa shape index (κ3) is 3.80. The van der Waals surface area contributed by atoms with Gasteiger partial charge in [-0.25, -0.2) is 0 Å². The first-order chi connectivity index (χ1) is 15.8. The second-order valence-electron chi connectivity index (χ2n) is 12.6. The summed E-state index contributed by atoms with van der Waals surface area (Å²) in [4.78, 5) is 13.0. The maximum absolute atomic E-state index is 13.0. The second kappa shape index (κ2) is 8.75. The van der Waals surface area contributed by atoms with Gasteiger partial charge in [0.2, 0.25) is 0 Å². The molecule has 0 saturated heterocycles. The summed E-state index contributed by atoms with van der Waals surface area (Å²) in [6.07, 6.45) is 24.5. The van der Waals surface area contributed by atoms with Gasteiger partial charge in [0.1, 0.15) is 0 Å². The molecule has 0 aromatic carbocycles. The molecule has 0 aromatic rings. The van der Waals surface area contributed by atoms with Crippen LogP contribution in [0.15, 0.2) is 11.6 Å². The van der Waals surface area contributed by atoms with Crippen LogP contribution in [0.2, 0.25) is 0 Å². The number of carbonyl (C=O) groups excluding carboxylic acids is 1. The number of esters is 1. The summed E-state index contributed by atoms with van der Waals surface area (Å²) in [5.74, 6) is 5.48. The molecule has 0 heterocycles. The van der Waals surface area contributed by atoms with Crippen LogP contribution in [0.4, 0.5) is 0 Å². The van der Waals surface area contributed by atoms with E-state index in [9.17, 15) is 9.90 Å². The smallest absolute Gasteiger partial charge is 0.307 e. The number of rotatable bonds is 4. The quantitative estimate of drug-likeness (QED) is 0.297. The summed E-state index contributed by atoms with van der Waals surface area (Å²) in [6.45, 7) is 4.79. The molecule has 182 valence electrons. The monoisotopic (exact) mass is 452 g/mol. The van der Waals surface area contributed by atoms with Gasteiger partial charge in [0.15, 0.2) is 5.60 Å². The van der Waals surface area contributed by atoms with E-state index < -0.39 is 5.60 Å². The zero-order valence-corrected chi connectivity index (χ0v) is 20.9. The molecule has 0 aliphatic heterocycles. The van der Waals surface area contributed by atoms with E-state index in [0.29, 0.717) is 30.1 Å². The first kappa shape index (κ1) is 23.5. The van der Waals surface area contributed by atoms with Crippen molar-refractivity contribution in [2.24, 2.45) is 34.5 Å². The Hall–Kier alpha value is -1.27. The number of aliphatic hydroxyl groups is 1. The van der Waals surface area contributed by atoms with Crippen LogP contribution in [0.25, 0.3) is 0 Å². The molecule has 5 rings (SSSR count). The maximum Gasteiger partial charge on any atom is 0.307 e. The Kier molecular flexibility index (Phi) is 6.22. The Balaban J connectivity index is 1.31. The molecule has 4 saturated carbocycles. The highest BCUT2D eigenvalue weighted by molar-refractivity contribution is 5.70. The van der Waals surface area contributed by atoms with Crippen molar-refractivity contribution in [2.45, 2.75) is 122 Å². The minimum atomic E-state index is -0.736. The molecule has 0 aromatic heterocycles. The summed E-state index contributed by atoms with van der Waals surface area (Å²) >= 11 is 0. The first-order valence-corrected chi connectivity index (χ1v) is 13.9. The van der Waals surface area contributed by atoms with Crippen molar-refractivity contribution in [1.82, 2.24) is 0 Å². The summed E-state index contributed by atoms with van der Waals surface area (Å²) in [7, 11) is 0. The van der Waals surface area contributed by atoms with E-state index >= 15 is 0 Å². The van der Waals surface area contributed by atoms with E-state index in [0.717, 1.165) is 57.8 Å². The van der Waals surface area contributed by atoms with Crippen LogP contribution in [0.1, 0.15) is 110 Å². The molecule has 0 radical (unpaired) electrons. The van der Waals surface area contributed by atoms with E-state index in [1.807, 2.05) is 0 Å². The minimum absolute atomic E-state index is 0.0680. The lowest BCUT2D eigenvalue weighted by Crippen LogP contribution is -2.55. The van der Waals surface area contributed by atoms with Gasteiger partial charge in [0.25, 0.3) is 0 Å². The van der Waals surface area contributed by atoms with Gasteiger partial charge in [-0.05, 0) is 86.9 Å². The van der Waals surface area contributed by atoms with Gasteiger partial charge in [0.05, 0.1) is 6.10 Å². The van der Waals surface area contributed by atoms with Crippen molar-refractivity contribution < 1.29 is 14.6 Å². The van der Waals surface area contributed by atoms with Gasteiger partial charge < -0.3 is 9.84 Å². The van der Waals surface area contributed by atoms with Gasteiger partial charge in [-0.15, -0.1) is 6.42 Å². The predicted octanol–water partition coefficient (Wildman–Crippen LogP) is 6.59. The van der Waals surface area contributed by atoms with E-state index in [1.54, 1.807) is 0 Å². The lowest BCUT2D eigenvalue weighted by molar-refractivity contribution is -0.171. The van der Waals surface area contributed by atoms with Crippen LogP contribution in [0, 0.1) is 46.8 Å². The van der Waals surface area contributed by atoms with Crippen molar-refractivity contribution >= 4 is 5.97 Å². The van der Waals surface area contributed by atoms with E-state index in [-0.39, 0.29) is 22.9 Å². The van der Waals surface area contributed by atoms with Crippen LogP contribution in [-0.4, -0.2) is 22.8 Å². The fourth-order valence-electron chi connectivity index (χ4n) is 9.12. The van der Waals surface area contributed by atoms with Gasteiger partial charge in [-0.3, -0.25) is 4.79 Å². The molecule has 0 bridgehead atoms. The van der Waals surface area contributed by atoms with Gasteiger partial charge >= 0.3 is 5.97 Å². The number of ether oxygens (including phenoxy) is 1. The van der Waals surface area contributed by atoms with Crippen LogP contribution >= 0.6 is 0 Å².